The van der Waals surface area contributed by atoms with Crippen LogP contribution in [0.3, 0.4) is 0 Å². The summed E-state index contributed by atoms with van der Waals surface area (Å²) >= 11 is 3.38. The molecule has 0 fully saturated rings. The molecule has 0 aliphatic carbocycles. The maximum atomic E-state index is 9.10. The summed E-state index contributed by atoms with van der Waals surface area (Å²) in [7, 11) is 0. The Bertz CT molecular complexity index is 559. The van der Waals surface area contributed by atoms with Gasteiger partial charge in [0.15, 0.2) is 0 Å². The van der Waals surface area contributed by atoms with E-state index in [2.05, 4.69) is 30.9 Å². The number of aromatic amines is 1. The summed E-state index contributed by atoms with van der Waals surface area (Å²) in [6, 6.07) is 7.11. The van der Waals surface area contributed by atoms with Crippen molar-refractivity contribution in [1.82, 2.24) is 4.98 Å². The van der Waals surface area contributed by atoms with Crippen LogP contribution >= 0.6 is 15.9 Å². The monoisotopic (exact) mass is 280 g/mol. The van der Waals surface area contributed by atoms with Crippen LogP contribution in [0.5, 0.6) is 0 Å². The fraction of sp³-hybridized carbons (Fsp3) is 0.200. The van der Waals surface area contributed by atoms with Crippen molar-refractivity contribution in [3.05, 3.63) is 44.9 Å². The minimum Gasteiger partial charge on any atom is -0.396 e. The Balaban J connectivity index is 2.49. The molecule has 82 valence electrons. The first-order chi connectivity index (χ1) is 7.74. The van der Waals surface area contributed by atoms with Gasteiger partial charge in [0.25, 0.3) is 0 Å². The number of hydrogen-bond donors (Lipinski definition) is 2. The van der Waals surface area contributed by atoms with Gasteiger partial charge < -0.3 is 10.1 Å². The Morgan fingerprint density at radius 3 is 3.00 bits per heavy atom. The Morgan fingerprint density at radius 2 is 2.31 bits per heavy atom. The Kier molecular flexibility index (Phi) is 3.14. The summed E-state index contributed by atoms with van der Waals surface area (Å²) in [5.74, 6) is 0. The van der Waals surface area contributed by atoms with E-state index in [1.165, 1.54) is 0 Å². The van der Waals surface area contributed by atoms with Gasteiger partial charge in [-0.25, -0.2) is 0 Å². The SMILES string of the molecule is [N-]=[N+]=NC(CO)c1cc2cc(Br)ccc2[nH]1. The number of aliphatic hydroxyl groups is 1. The summed E-state index contributed by atoms with van der Waals surface area (Å²) in [5, 5.41) is 13.6. The number of nitrogens with one attached hydrogen (secondary N) is 1. The Morgan fingerprint density at radius 1 is 1.50 bits per heavy atom. The number of aliphatic hydroxyl groups excluding tert-OH is 1. The van der Waals surface area contributed by atoms with Gasteiger partial charge in [-0.05, 0) is 29.8 Å². The van der Waals surface area contributed by atoms with Gasteiger partial charge in [-0.3, -0.25) is 0 Å². The minimum atomic E-state index is -0.559. The number of benzene rings is 1. The number of hydrogen-bond acceptors (Lipinski definition) is 2. The van der Waals surface area contributed by atoms with Crippen LogP contribution in [0.25, 0.3) is 21.3 Å². The lowest BCUT2D eigenvalue weighted by Gasteiger charge is -2.02. The topological polar surface area (TPSA) is 84.8 Å². The van der Waals surface area contributed by atoms with Gasteiger partial charge in [0.1, 0.15) is 6.04 Å². The number of fused-ring (bicyclic) bond motifs is 1. The first-order valence-electron chi connectivity index (χ1n) is 4.68. The van der Waals surface area contributed by atoms with Crippen LogP contribution in [-0.2, 0) is 0 Å². The second-order valence-electron chi connectivity index (χ2n) is 3.36. The van der Waals surface area contributed by atoms with Crippen LogP contribution in [0.2, 0.25) is 0 Å². The quantitative estimate of drug-likeness (QED) is 0.505. The van der Waals surface area contributed by atoms with E-state index in [4.69, 9.17) is 10.6 Å². The largest absolute Gasteiger partial charge is 0.396 e. The maximum absolute atomic E-state index is 9.10. The molecule has 1 aromatic heterocycles. The molecule has 2 rings (SSSR count). The van der Waals surface area contributed by atoms with Crippen molar-refractivity contribution in [1.29, 1.82) is 0 Å². The Labute approximate surface area is 99.8 Å². The molecule has 0 aliphatic rings. The van der Waals surface area contributed by atoms with Crippen molar-refractivity contribution in [3.8, 4) is 0 Å². The molecule has 16 heavy (non-hydrogen) atoms. The van der Waals surface area contributed by atoms with Crippen LogP contribution in [0.4, 0.5) is 0 Å². The standard InChI is InChI=1S/C10H9BrN4O/c11-7-1-2-8-6(3-7)4-9(13-8)10(5-16)14-15-12/h1-4,10,13,16H,5H2. The molecule has 0 bridgehead atoms. The second-order valence-corrected chi connectivity index (χ2v) is 4.28. The van der Waals surface area contributed by atoms with Crippen molar-refractivity contribution < 1.29 is 5.11 Å². The van der Waals surface area contributed by atoms with E-state index in [0.29, 0.717) is 5.69 Å². The molecule has 0 saturated heterocycles. The third-order valence-corrected chi connectivity index (χ3v) is 2.82. The zero-order valence-electron chi connectivity index (χ0n) is 8.26. The summed E-state index contributed by atoms with van der Waals surface area (Å²) in [5.41, 5.74) is 10.0. The predicted octanol–water partition coefficient (Wildman–Crippen LogP) is 3.27. The van der Waals surface area contributed by atoms with Crippen molar-refractivity contribution in [2.45, 2.75) is 6.04 Å². The second kappa shape index (κ2) is 4.57. The first kappa shape index (κ1) is 11.0. The average molecular weight is 281 g/mol. The van der Waals surface area contributed by atoms with E-state index in [1.54, 1.807) is 0 Å². The lowest BCUT2D eigenvalue weighted by atomic mass is 10.2. The minimum absolute atomic E-state index is 0.210. The lowest BCUT2D eigenvalue weighted by molar-refractivity contribution is 0.266. The van der Waals surface area contributed by atoms with Crippen LogP contribution in [-0.4, -0.2) is 16.7 Å². The highest BCUT2D eigenvalue weighted by Gasteiger charge is 2.11. The summed E-state index contributed by atoms with van der Waals surface area (Å²) in [6.45, 7) is -0.210. The van der Waals surface area contributed by atoms with Gasteiger partial charge in [-0.2, -0.15) is 0 Å². The molecule has 0 aliphatic heterocycles. The van der Waals surface area contributed by atoms with Crippen LogP contribution in [0.1, 0.15) is 11.7 Å². The van der Waals surface area contributed by atoms with Gasteiger partial charge >= 0.3 is 0 Å². The van der Waals surface area contributed by atoms with Gasteiger partial charge in [0, 0.05) is 26.0 Å². The fourth-order valence-electron chi connectivity index (χ4n) is 1.56. The number of rotatable bonds is 3. The average Bonchev–Trinajstić information content (AvgIpc) is 2.68. The summed E-state index contributed by atoms with van der Waals surface area (Å²) in [4.78, 5) is 5.82. The molecule has 1 unspecified atom stereocenters. The molecule has 5 nitrogen and oxygen atoms in total. The Hall–Kier alpha value is -1.49. The molecule has 6 heteroatoms. The van der Waals surface area contributed by atoms with E-state index >= 15 is 0 Å². The molecule has 0 amide bonds. The highest BCUT2D eigenvalue weighted by Crippen LogP contribution is 2.24. The fourth-order valence-corrected chi connectivity index (χ4v) is 1.94. The highest BCUT2D eigenvalue weighted by atomic mass is 79.9. The van der Waals surface area contributed by atoms with Gasteiger partial charge in [-0.15, -0.1) is 0 Å². The molecule has 0 radical (unpaired) electrons. The number of aromatic nitrogens is 1. The molecular formula is C10H9BrN4O. The van der Waals surface area contributed by atoms with Crippen LogP contribution in [0.15, 0.2) is 33.9 Å². The van der Waals surface area contributed by atoms with E-state index in [9.17, 15) is 0 Å². The van der Waals surface area contributed by atoms with Crippen LogP contribution in [0, 0.1) is 0 Å². The first-order valence-corrected chi connectivity index (χ1v) is 5.47. The molecule has 2 aromatic rings. The number of azide groups is 1. The van der Waals surface area contributed by atoms with E-state index in [-0.39, 0.29) is 6.61 Å². The third-order valence-electron chi connectivity index (χ3n) is 2.33. The molecule has 1 aromatic carbocycles. The lowest BCUT2D eigenvalue weighted by Crippen LogP contribution is -1.99. The van der Waals surface area contributed by atoms with Gasteiger partial charge in [0.2, 0.25) is 0 Å². The van der Waals surface area contributed by atoms with Crippen molar-refractivity contribution in [2.24, 2.45) is 5.11 Å². The van der Waals surface area contributed by atoms with E-state index < -0.39 is 6.04 Å². The third kappa shape index (κ3) is 2.04. The molecule has 1 heterocycles. The summed E-state index contributed by atoms with van der Waals surface area (Å²) < 4.78 is 0.981. The normalized spacial score (nSPS) is 12.4. The number of nitrogens with zero attached hydrogens (tertiary/aromatic N) is 3. The van der Waals surface area contributed by atoms with Crippen molar-refractivity contribution >= 4 is 26.8 Å². The predicted molar refractivity (Wildman–Crippen MR) is 65.0 cm³/mol. The summed E-state index contributed by atoms with van der Waals surface area (Å²) in [6.07, 6.45) is 0. The number of halogens is 1. The zero-order chi connectivity index (χ0) is 11.5. The van der Waals surface area contributed by atoms with Crippen molar-refractivity contribution in [3.63, 3.8) is 0 Å². The number of H-pyrrole nitrogens is 1. The van der Waals surface area contributed by atoms with E-state index in [1.807, 2.05) is 24.3 Å². The maximum Gasteiger partial charge on any atom is 0.101 e. The molecular weight excluding hydrogens is 272 g/mol. The van der Waals surface area contributed by atoms with Crippen LogP contribution < -0.4 is 0 Å². The molecule has 0 spiro atoms. The molecule has 2 N–H and O–H groups in total. The smallest absolute Gasteiger partial charge is 0.101 e. The molecule has 0 saturated carbocycles. The van der Waals surface area contributed by atoms with Crippen molar-refractivity contribution in [2.75, 3.05) is 6.61 Å². The van der Waals surface area contributed by atoms with E-state index in [0.717, 1.165) is 15.4 Å². The molecule has 1 atom stereocenters. The zero-order valence-corrected chi connectivity index (χ0v) is 9.85. The van der Waals surface area contributed by atoms with Gasteiger partial charge in [0.05, 0.1) is 6.61 Å². The van der Waals surface area contributed by atoms with Gasteiger partial charge in [-0.1, -0.05) is 21.0 Å². The highest BCUT2D eigenvalue weighted by molar-refractivity contribution is 9.10.